The number of unbranched alkanes of at least 4 members (excludes halogenated alkanes) is 2. The van der Waals surface area contributed by atoms with Crippen LogP contribution in [0.15, 0.2) is 18.2 Å². The molecule has 1 rings (SSSR count). The number of hydrogen-bond donors (Lipinski definition) is 0. The van der Waals surface area contributed by atoms with Crippen molar-refractivity contribution in [3.05, 3.63) is 34.9 Å². The van der Waals surface area contributed by atoms with Crippen LogP contribution in [-0.4, -0.2) is 17.0 Å². The lowest BCUT2D eigenvalue weighted by atomic mass is 9.96. The first-order valence-electron chi connectivity index (χ1n) is 9.35. The highest BCUT2D eigenvalue weighted by atomic mass is 15.2. The summed E-state index contributed by atoms with van der Waals surface area (Å²) in [6, 6.07) is 8.43. The number of hydrogen-bond acceptors (Lipinski definition) is 1. The zero-order chi connectivity index (χ0) is 16.5. The van der Waals surface area contributed by atoms with Gasteiger partial charge in [0.25, 0.3) is 0 Å². The maximum atomic E-state index is 2.59. The number of benzene rings is 1. The minimum atomic E-state index is 0.596. The molecule has 0 saturated carbocycles. The van der Waals surface area contributed by atoms with Crippen LogP contribution in [-0.2, 0) is 19.4 Å². The fourth-order valence-electron chi connectivity index (χ4n) is 3.13. The minimum absolute atomic E-state index is 0.596. The summed E-state index contributed by atoms with van der Waals surface area (Å²) in [5, 5.41) is 0. The van der Waals surface area contributed by atoms with E-state index in [1.54, 1.807) is 5.56 Å². The quantitative estimate of drug-likeness (QED) is 0.513. The highest BCUT2D eigenvalue weighted by molar-refractivity contribution is 5.32. The van der Waals surface area contributed by atoms with Gasteiger partial charge in [-0.2, -0.15) is 0 Å². The maximum absolute atomic E-state index is 2.59. The van der Waals surface area contributed by atoms with Gasteiger partial charge in [-0.25, -0.2) is 0 Å². The van der Waals surface area contributed by atoms with E-state index in [4.69, 9.17) is 0 Å². The number of aryl methyl sites for hydroxylation is 2. The molecule has 0 aliphatic rings. The Morgan fingerprint density at radius 2 is 1.41 bits per heavy atom. The number of rotatable bonds is 10. The third-order valence-electron chi connectivity index (χ3n) is 4.57. The van der Waals surface area contributed by atoms with Crippen molar-refractivity contribution in [2.24, 2.45) is 0 Å². The zero-order valence-corrected chi connectivity index (χ0v) is 15.8. The lowest BCUT2D eigenvalue weighted by Gasteiger charge is -2.31. The molecule has 0 spiro atoms. The molecule has 0 aliphatic heterocycles. The van der Waals surface area contributed by atoms with Crippen molar-refractivity contribution in [3.63, 3.8) is 0 Å². The molecule has 0 aliphatic carbocycles. The molecule has 0 N–H and O–H groups in total. The second-order valence-electron chi connectivity index (χ2n) is 7.17. The fraction of sp³-hybridized carbons (Fsp3) is 0.714. The highest BCUT2D eigenvalue weighted by Crippen LogP contribution is 2.20. The standard InChI is InChI=1S/C21H37N/c1-7-9-11-19-13-14-21(20(15-19)12-10-8-2)16-22(17(3)4)18(5)6/h13-15,17-18H,7-12,16H2,1-6H3. The monoisotopic (exact) mass is 303 g/mol. The topological polar surface area (TPSA) is 3.24 Å². The molecule has 0 aromatic heterocycles. The Bertz CT molecular complexity index is 412. The average Bonchev–Trinajstić information content (AvgIpc) is 2.48. The molecule has 0 unspecified atom stereocenters. The van der Waals surface area contributed by atoms with Crippen LogP contribution < -0.4 is 0 Å². The second-order valence-corrected chi connectivity index (χ2v) is 7.17. The first-order chi connectivity index (χ1) is 10.5. The Hall–Kier alpha value is -0.820. The van der Waals surface area contributed by atoms with E-state index in [-0.39, 0.29) is 0 Å². The van der Waals surface area contributed by atoms with Gasteiger partial charge in [0.05, 0.1) is 0 Å². The minimum Gasteiger partial charge on any atom is -0.294 e. The molecule has 22 heavy (non-hydrogen) atoms. The lowest BCUT2D eigenvalue weighted by molar-refractivity contribution is 0.165. The van der Waals surface area contributed by atoms with Crippen molar-refractivity contribution in [1.82, 2.24) is 4.90 Å². The van der Waals surface area contributed by atoms with Crippen LogP contribution in [0.2, 0.25) is 0 Å². The van der Waals surface area contributed by atoms with E-state index < -0.39 is 0 Å². The molecule has 0 amide bonds. The van der Waals surface area contributed by atoms with Crippen LogP contribution in [0.4, 0.5) is 0 Å². The lowest BCUT2D eigenvalue weighted by Crippen LogP contribution is -2.36. The van der Waals surface area contributed by atoms with Crippen LogP contribution in [0.5, 0.6) is 0 Å². The summed E-state index contributed by atoms with van der Waals surface area (Å²) in [7, 11) is 0. The van der Waals surface area contributed by atoms with Crippen LogP contribution >= 0.6 is 0 Å². The van der Waals surface area contributed by atoms with Gasteiger partial charge in [-0.3, -0.25) is 4.90 Å². The molecule has 0 bridgehead atoms. The predicted octanol–water partition coefficient (Wildman–Crippen LogP) is 5.99. The molecule has 1 aromatic rings. The van der Waals surface area contributed by atoms with Gasteiger partial charge in [0, 0.05) is 18.6 Å². The van der Waals surface area contributed by atoms with Gasteiger partial charge in [0.1, 0.15) is 0 Å². The third kappa shape index (κ3) is 6.12. The Kier molecular flexibility index (Phi) is 8.78. The summed E-state index contributed by atoms with van der Waals surface area (Å²) in [5.74, 6) is 0. The van der Waals surface area contributed by atoms with E-state index >= 15 is 0 Å². The molecule has 0 radical (unpaired) electrons. The number of nitrogens with zero attached hydrogens (tertiary/aromatic N) is 1. The van der Waals surface area contributed by atoms with Crippen molar-refractivity contribution in [1.29, 1.82) is 0 Å². The maximum Gasteiger partial charge on any atom is 0.0241 e. The fourth-order valence-corrected chi connectivity index (χ4v) is 3.13. The first kappa shape index (κ1) is 19.2. The average molecular weight is 304 g/mol. The molecule has 126 valence electrons. The molecule has 0 saturated heterocycles. The van der Waals surface area contributed by atoms with Crippen molar-refractivity contribution in [2.45, 2.75) is 98.7 Å². The van der Waals surface area contributed by atoms with Crippen molar-refractivity contribution in [2.75, 3.05) is 0 Å². The Balaban J connectivity index is 2.95. The van der Waals surface area contributed by atoms with Gasteiger partial charge in [-0.05, 0) is 70.1 Å². The van der Waals surface area contributed by atoms with E-state index in [1.165, 1.54) is 49.7 Å². The van der Waals surface area contributed by atoms with Gasteiger partial charge in [0.15, 0.2) is 0 Å². The molecule has 1 aromatic carbocycles. The van der Waals surface area contributed by atoms with E-state index in [0.717, 1.165) is 6.54 Å². The second kappa shape index (κ2) is 10.0. The SMILES string of the molecule is CCCCc1ccc(CN(C(C)C)C(C)C)c(CCCC)c1. The Morgan fingerprint density at radius 3 is 1.95 bits per heavy atom. The van der Waals surface area contributed by atoms with Crippen LogP contribution in [0.25, 0.3) is 0 Å². The van der Waals surface area contributed by atoms with Gasteiger partial charge in [0.2, 0.25) is 0 Å². The van der Waals surface area contributed by atoms with Crippen molar-refractivity contribution >= 4 is 0 Å². The van der Waals surface area contributed by atoms with Gasteiger partial charge in [-0.1, -0.05) is 44.9 Å². The van der Waals surface area contributed by atoms with Crippen LogP contribution in [0, 0.1) is 0 Å². The highest BCUT2D eigenvalue weighted by Gasteiger charge is 2.15. The van der Waals surface area contributed by atoms with Gasteiger partial charge >= 0.3 is 0 Å². The molecule has 1 nitrogen and oxygen atoms in total. The predicted molar refractivity (Wildman–Crippen MR) is 99.5 cm³/mol. The molecule has 0 fully saturated rings. The van der Waals surface area contributed by atoms with Crippen molar-refractivity contribution in [3.8, 4) is 0 Å². The van der Waals surface area contributed by atoms with Gasteiger partial charge < -0.3 is 0 Å². The van der Waals surface area contributed by atoms with E-state index in [0.29, 0.717) is 12.1 Å². The van der Waals surface area contributed by atoms with Gasteiger partial charge in [-0.15, -0.1) is 0 Å². The molecular formula is C21H37N. The normalized spacial score (nSPS) is 11.9. The summed E-state index contributed by atoms with van der Waals surface area (Å²) in [5.41, 5.74) is 4.65. The molecule has 0 atom stereocenters. The summed E-state index contributed by atoms with van der Waals surface area (Å²) < 4.78 is 0. The van der Waals surface area contributed by atoms with Crippen LogP contribution in [0.3, 0.4) is 0 Å². The first-order valence-corrected chi connectivity index (χ1v) is 9.35. The molecule has 1 heteroatoms. The largest absolute Gasteiger partial charge is 0.294 e. The summed E-state index contributed by atoms with van der Waals surface area (Å²) in [4.78, 5) is 2.59. The Morgan fingerprint density at radius 1 is 0.818 bits per heavy atom. The van der Waals surface area contributed by atoms with E-state index in [1.807, 2.05) is 0 Å². The Labute approximate surface area is 139 Å². The summed E-state index contributed by atoms with van der Waals surface area (Å²) >= 11 is 0. The smallest absolute Gasteiger partial charge is 0.0241 e. The summed E-state index contributed by atoms with van der Waals surface area (Å²) in [6.07, 6.45) is 7.62. The summed E-state index contributed by atoms with van der Waals surface area (Å²) in [6.45, 7) is 14.9. The van der Waals surface area contributed by atoms with E-state index in [9.17, 15) is 0 Å². The van der Waals surface area contributed by atoms with Crippen LogP contribution in [0.1, 0.15) is 83.9 Å². The van der Waals surface area contributed by atoms with Crippen molar-refractivity contribution < 1.29 is 0 Å². The molecular weight excluding hydrogens is 266 g/mol. The van der Waals surface area contributed by atoms with E-state index in [2.05, 4.69) is 64.6 Å². The molecule has 0 heterocycles. The zero-order valence-electron chi connectivity index (χ0n) is 15.8. The third-order valence-corrected chi connectivity index (χ3v) is 4.57.